The van der Waals surface area contributed by atoms with E-state index in [1.807, 2.05) is 24.3 Å². The molecule has 6 unspecified atom stereocenters. The highest BCUT2D eigenvalue weighted by Crippen LogP contribution is 2.26. The van der Waals surface area contributed by atoms with E-state index in [0.29, 0.717) is 25.7 Å². The number of allylic oxidation sites excluding steroid dienone is 25. The number of hydrogen-bond donors (Lipinski definition) is 3. The second kappa shape index (κ2) is 49.2. The average molecular weight is 1040 g/mol. The number of carbonyl (C=O) groups is 4. The standard InChI is InChI=1S/C63H92O12/c1-4-7-10-13-16-19-22-25-28-31-34-37-40-43-46-49-55(64)71-52-54(73-56(65)50-47-44-41-38-35-32-29-26-23-20-17-14-11-8-5-2)53-72-63-61(59(68)58(67)60(75-63)62(69)70)74-57(66)51-48-45-42-39-36-33-30-27-24-21-18-15-12-9-6-3/h7-12,16-21,25-30,34-39,43,46,54,58-61,63,67-68H,4-6,13-15,22-24,31-33,40-42,44-45,47-53H2,1-3H3,(H,69,70)/b10-7-,11-8-,12-9-,19-16-,20-17-,21-18-,28-25-,29-26-,30-27-,37-34-,38-35-,39-36-,46-43-. The van der Waals surface area contributed by atoms with E-state index in [-0.39, 0.29) is 19.3 Å². The van der Waals surface area contributed by atoms with Crippen LogP contribution < -0.4 is 0 Å². The van der Waals surface area contributed by atoms with Crippen molar-refractivity contribution in [1.29, 1.82) is 0 Å². The quantitative estimate of drug-likeness (QED) is 0.0228. The maximum absolute atomic E-state index is 13.1. The van der Waals surface area contributed by atoms with Crippen molar-refractivity contribution in [2.75, 3.05) is 13.2 Å². The Hall–Kier alpha value is -5.66. The van der Waals surface area contributed by atoms with Crippen LogP contribution in [0.4, 0.5) is 0 Å². The van der Waals surface area contributed by atoms with Crippen molar-refractivity contribution in [3.05, 3.63) is 158 Å². The monoisotopic (exact) mass is 1040 g/mol. The lowest BCUT2D eigenvalue weighted by Gasteiger charge is -2.40. The molecule has 416 valence electrons. The van der Waals surface area contributed by atoms with Crippen LogP contribution in [-0.4, -0.2) is 89.2 Å². The number of esters is 3. The Bertz CT molecular complexity index is 1910. The molecule has 3 N–H and O–H groups in total. The van der Waals surface area contributed by atoms with E-state index in [0.717, 1.165) is 96.3 Å². The molecule has 0 aromatic rings. The summed E-state index contributed by atoms with van der Waals surface area (Å²) in [5.74, 6) is -3.44. The SMILES string of the molecule is CC/C=C\C/C=C\C/C=C\C/C=C\C/C=C\CC(=O)OCC(COC1OC(C(=O)O)C(O)C(O)C1OC(=O)CCCC/C=C\C/C=C\C/C=C\C/C=C\CC)OC(=O)CCCC/C=C\C/C=C\C/C=C\C/C=C\CC. The second-order valence-corrected chi connectivity index (χ2v) is 17.7. The van der Waals surface area contributed by atoms with Crippen molar-refractivity contribution >= 4 is 23.9 Å². The molecule has 0 spiro atoms. The van der Waals surface area contributed by atoms with Crippen LogP contribution in [0, 0.1) is 0 Å². The maximum atomic E-state index is 13.1. The molecule has 0 aliphatic carbocycles. The van der Waals surface area contributed by atoms with Crippen LogP contribution in [0.2, 0.25) is 0 Å². The van der Waals surface area contributed by atoms with Gasteiger partial charge >= 0.3 is 23.9 Å². The number of ether oxygens (including phenoxy) is 5. The van der Waals surface area contributed by atoms with Gasteiger partial charge in [0.1, 0.15) is 18.8 Å². The Morgan fingerprint density at radius 2 is 0.827 bits per heavy atom. The summed E-state index contributed by atoms with van der Waals surface area (Å²) < 4.78 is 28.1. The van der Waals surface area contributed by atoms with Gasteiger partial charge in [0, 0.05) is 12.8 Å². The molecule has 1 aliphatic heterocycles. The molecule has 75 heavy (non-hydrogen) atoms. The van der Waals surface area contributed by atoms with Gasteiger partial charge in [0.15, 0.2) is 24.6 Å². The van der Waals surface area contributed by atoms with Gasteiger partial charge in [0.05, 0.1) is 13.0 Å². The smallest absolute Gasteiger partial charge is 0.335 e. The van der Waals surface area contributed by atoms with Gasteiger partial charge in [-0.2, -0.15) is 0 Å². The molecule has 1 rings (SSSR count). The van der Waals surface area contributed by atoms with Gasteiger partial charge in [-0.15, -0.1) is 0 Å². The Labute approximate surface area is 450 Å². The zero-order valence-corrected chi connectivity index (χ0v) is 45.5. The Morgan fingerprint density at radius 1 is 0.453 bits per heavy atom. The van der Waals surface area contributed by atoms with E-state index < -0.39 is 73.9 Å². The first-order chi connectivity index (χ1) is 36.6. The van der Waals surface area contributed by atoms with Gasteiger partial charge in [-0.25, -0.2) is 4.79 Å². The lowest BCUT2D eigenvalue weighted by atomic mass is 9.98. The number of carboxylic acids is 1. The number of aliphatic hydroxyl groups excluding tert-OH is 2. The van der Waals surface area contributed by atoms with Crippen molar-refractivity contribution in [3.8, 4) is 0 Å². The molecule has 0 aromatic heterocycles. The molecule has 12 nitrogen and oxygen atoms in total. The summed E-state index contributed by atoms with van der Waals surface area (Å²) in [4.78, 5) is 50.9. The predicted octanol–water partition coefficient (Wildman–Crippen LogP) is 13.8. The Morgan fingerprint density at radius 3 is 1.23 bits per heavy atom. The van der Waals surface area contributed by atoms with Gasteiger partial charge in [-0.1, -0.05) is 179 Å². The van der Waals surface area contributed by atoms with E-state index in [4.69, 9.17) is 23.7 Å². The fourth-order valence-corrected chi connectivity index (χ4v) is 7.01. The van der Waals surface area contributed by atoms with Gasteiger partial charge in [0.2, 0.25) is 0 Å². The minimum Gasteiger partial charge on any atom is -0.479 e. The summed E-state index contributed by atoms with van der Waals surface area (Å²) >= 11 is 0. The number of carbonyl (C=O) groups excluding carboxylic acids is 3. The maximum Gasteiger partial charge on any atom is 0.335 e. The number of aliphatic hydroxyl groups is 2. The average Bonchev–Trinajstić information content (AvgIpc) is 3.39. The molecule has 6 atom stereocenters. The predicted molar refractivity (Wildman–Crippen MR) is 302 cm³/mol. The molecule has 0 bridgehead atoms. The summed E-state index contributed by atoms with van der Waals surface area (Å²) in [5.41, 5.74) is 0. The van der Waals surface area contributed by atoms with Gasteiger partial charge in [0.25, 0.3) is 0 Å². The summed E-state index contributed by atoms with van der Waals surface area (Å²) in [7, 11) is 0. The van der Waals surface area contributed by atoms with Gasteiger partial charge in [-0.05, 0) is 122 Å². The largest absolute Gasteiger partial charge is 0.479 e. The van der Waals surface area contributed by atoms with Crippen molar-refractivity contribution in [3.63, 3.8) is 0 Å². The molecule has 0 radical (unpaired) electrons. The molecule has 0 saturated carbocycles. The third-order valence-corrected chi connectivity index (χ3v) is 11.1. The lowest BCUT2D eigenvalue weighted by molar-refractivity contribution is -0.301. The Kier molecular flexibility index (Phi) is 44.2. The Balaban J connectivity index is 2.84. The fourth-order valence-electron chi connectivity index (χ4n) is 7.01. The molecule has 1 fully saturated rings. The number of unbranched alkanes of at least 4 members (excludes halogenated alkanes) is 4. The number of rotatable bonds is 43. The molecule has 12 heteroatoms. The van der Waals surface area contributed by atoms with E-state index in [1.165, 1.54) is 0 Å². The van der Waals surface area contributed by atoms with Crippen LogP contribution in [0.3, 0.4) is 0 Å². The second-order valence-electron chi connectivity index (χ2n) is 17.7. The minimum atomic E-state index is -1.94. The van der Waals surface area contributed by atoms with Crippen molar-refractivity contribution in [2.45, 2.75) is 199 Å². The van der Waals surface area contributed by atoms with Crippen LogP contribution in [0.15, 0.2) is 158 Å². The number of carboxylic acid groups (broad SMARTS) is 1. The fraction of sp³-hybridized carbons (Fsp3) is 0.524. The zero-order valence-electron chi connectivity index (χ0n) is 45.5. The third-order valence-electron chi connectivity index (χ3n) is 11.1. The summed E-state index contributed by atoms with van der Waals surface area (Å²) in [6.45, 7) is 5.46. The van der Waals surface area contributed by atoms with Crippen LogP contribution in [-0.2, 0) is 42.9 Å². The van der Waals surface area contributed by atoms with E-state index in [9.17, 15) is 34.5 Å². The first-order valence-corrected chi connectivity index (χ1v) is 27.5. The third kappa shape index (κ3) is 39.4. The zero-order chi connectivity index (χ0) is 54.7. The van der Waals surface area contributed by atoms with Crippen LogP contribution in [0.5, 0.6) is 0 Å². The highest BCUT2D eigenvalue weighted by Gasteiger charge is 2.50. The summed E-state index contributed by atoms with van der Waals surface area (Å²) in [6.07, 6.45) is 59.7. The number of aliphatic carboxylic acids is 1. The van der Waals surface area contributed by atoms with Crippen LogP contribution in [0.25, 0.3) is 0 Å². The van der Waals surface area contributed by atoms with Gasteiger partial charge in [-0.3, -0.25) is 14.4 Å². The van der Waals surface area contributed by atoms with Crippen molar-refractivity contribution in [2.24, 2.45) is 0 Å². The van der Waals surface area contributed by atoms with E-state index in [1.54, 1.807) is 6.08 Å². The summed E-state index contributed by atoms with van der Waals surface area (Å²) in [6, 6.07) is 0. The van der Waals surface area contributed by atoms with E-state index >= 15 is 0 Å². The normalized spacial score (nSPS) is 19.4. The molecule has 1 heterocycles. The molecule has 0 aromatic carbocycles. The van der Waals surface area contributed by atoms with Crippen LogP contribution >= 0.6 is 0 Å². The lowest BCUT2D eigenvalue weighted by Crippen LogP contribution is -2.61. The first-order valence-electron chi connectivity index (χ1n) is 27.5. The molecule has 1 saturated heterocycles. The van der Waals surface area contributed by atoms with E-state index in [2.05, 4.69) is 148 Å². The minimum absolute atomic E-state index is 0.0156. The molecule has 0 amide bonds. The number of hydrogen-bond acceptors (Lipinski definition) is 11. The topological polar surface area (TPSA) is 175 Å². The van der Waals surface area contributed by atoms with Crippen LogP contribution in [0.1, 0.15) is 162 Å². The highest BCUT2D eigenvalue weighted by atomic mass is 16.7. The first kappa shape index (κ1) is 67.4. The molecule has 1 aliphatic rings. The molecular formula is C63H92O12. The molecular weight excluding hydrogens is 949 g/mol. The highest BCUT2D eigenvalue weighted by molar-refractivity contribution is 5.74. The van der Waals surface area contributed by atoms with Crippen molar-refractivity contribution < 1.29 is 58.2 Å². The van der Waals surface area contributed by atoms with Gasteiger partial charge < -0.3 is 39.0 Å². The summed E-state index contributed by atoms with van der Waals surface area (Å²) in [5, 5.41) is 31.4. The van der Waals surface area contributed by atoms with Crippen molar-refractivity contribution in [1.82, 2.24) is 0 Å².